The van der Waals surface area contributed by atoms with Gasteiger partial charge in [-0.05, 0) is 36.5 Å². The number of nitrogens with zero attached hydrogens (tertiary/aromatic N) is 2. The molecule has 0 radical (unpaired) electrons. The van der Waals surface area contributed by atoms with Crippen molar-refractivity contribution in [2.24, 2.45) is 47.3 Å². The Kier molecular flexibility index (Phi) is 4.69. The zero-order chi connectivity index (χ0) is 23.1. The number of carbonyl (C=O) groups excluding carboxylic acids is 4. The quantitative estimate of drug-likeness (QED) is 0.350. The normalized spacial score (nSPS) is 40.1. The van der Waals surface area contributed by atoms with Crippen molar-refractivity contribution >= 4 is 34.0 Å². The number of carbonyl (C=O) groups is 4. The smallest absolute Gasteiger partial charge is 0.280 e. The summed E-state index contributed by atoms with van der Waals surface area (Å²) in [5.74, 6) is -2.16. The van der Waals surface area contributed by atoms with Crippen LogP contribution in [-0.4, -0.2) is 68.1 Å². The summed E-state index contributed by atoms with van der Waals surface area (Å²) in [6.07, 6.45) is 9.58. The first-order valence-electron chi connectivity index (χ1n) is 11.4. The molecule has 6 aliphatic rings. The maximum Gasteiger partial charge on any atom is 0.399 e. The van der Waals surface area contributed by atoms with Gasteiger partial charge in [-0.15, -0.1) is 0 Å². The van der Waals surface area contributed by atoms with Crippen molar-refractivity contribution in [3.8, 4) is 0 Å². The van der Waals surface area contributed by atoms with Crippen molar-refractivity contribution in [3.63, 3.8) is 0 Å². The predicted octanol–water partition coefficient (Wildman–Crippen LogP) is -0.121. The second-order valence-electron chi connectivity index (χ2n) is 9.71. The summed E-state index contributed by atoms with van der Waals surface area (Å²) >= 11 is 0. The lowest BCUT2D eigenvalue weighted by molar-refractivity contribution is -0.142. The zero-order valence-corrected chi connectivity index (χ0v) is 18.6. The van der Waals surface area contributed by atoms with E-state index >= 15 is 0 Å². The molecule has 4 fully saturated rings. The second kappa shape index (κ2) is 7.31. The minimum atomic E-state index is -4.41. The molecule has 0 aromatic rings. The van der Waals surface area contributed by atoms with E-state index in [0.717, 1.165) is 22.6 Å². The topological polar surface area (TPSA) is 127 Å². The maximum absolute atomic E-state index is 12.6. The van der Waals surface area contributed by atoms with Crippen LogP contribution in [0.2, 0.25) is 0 Å². The van der Waals surface area contributed by atoms with Gasteiger partial charge in [0.05, 0.1) is 50.0 Å². The molecule has 2 saturated heterocycles. The number of fused-ring (bicyclic) bond motifs is 10. The highest BCUT2D eigenvalue weighted by Crippen LogP contribution is 2.53. The van der Waals surface area contributed by atoms with Crippen molar-refractivity contribution in [2.75, 3.05) is 26.3 Å². The molecule has 33 heavy (non-hydrogen) atoms. The number of hydrogen-bond donors (Lipinski definition) is 0. The van der Waals surface area contributed by atoms with E-state index in [1.165, 1.54) is 0 Å². The zero-order valence-electron chi connectivity index (χ0n) is 17.7. The third kappa shape index (κ3) is 3.08. The molecule has 4 bridgehead atoms. The van der Waals surface area contributed by atoms with Gasteiger partial charge in [0, 0.05) is 0 Å². The van der Waals surface area contributed by atoms with E-state index < -0.39 is 23.6 Å². The number of likely N-dealkylation sites (tertiary alicyclic amines) is 2. The minimum absolute atomic E-state index is 0.0796. The molecule has 0 unspecified atom stereocenters. The lowest BCUT2D eigenvalue weighted by atomic mass is 9.85. The van der Waals surface area contributed by atoms with Crippen LogP contribution >= 0.6 is 0 Å². The van der Waals surface area contributed by atoms with Crippen LogP contribution in [0.3, 0.4) is 0 Å². The molecular formula is C22H24N2O8S. The molecule has 0 N–H and O–H groups in total. The standard InChI is InChI=1S/C22H24N2O8S/c25-19-15-11-1-2-12(9-11)16(15)20(26)23(19)5-7-31-33(29,30)32-8-6-24-21(27)17-13-3-4-14(10-13)18(17)22(24)28/h1-4,11-18H,5-10H2/t11-,12-,13+,14+,15-,16-,17-,18+/m1/s1. The van der Waals surface area contributed by atoms with E-state index in [-0.39, 0.29) is 84.1 Å². The summed E-state index contributed by atoms with van der Waals surface area (Å²) < 4.78 is 33.8. The van der Waals surface area contributed by atoms with E-state index in [1.54, 1.807) is 0 Å². The summed E-state index contributed by atoms with van der Waals surface area (Å²) in [5, 5.41) is 0. The molecule has 0 aromatic heterocycles. The highest BCUT2D eigenvalue weighted by atomic mass is 32.3. The van der Waals surface area contributed by atoms with Gasteiger partial charge >= 0.3 is 10.4 Å². The van der Waals surface area contributed by atoms with E-state index in [2.05, 4.69) is 0 Å². The van der Waals surface area contributed by atoms with Crippen LogP contribution in [0.1, 0.15) is 12.8 Å². The van der Waals surface area contributed by atoms with Crippen molar-refractivity contribution in [3.05, 3.63) is 24.3 Å². The molecule has 2 aliphatic heterocycles. The van der Waals surface area contributed by atoms with E-state index in [0.29, 0.717) is 0 Å². The molecule has 0 aromatic carbocycles. The molecule has 2 heterocycles. The monoisotopic (exact) mass is 476 g/mol. The molecule has 8 atom stereocenters. The lowest BCUT2D eigenvalue weighted by Gasteiger charge is -2.18. The average Bonchev–Trinajstić information content (AvgIpc) is 3.60. The maximum atomic E-state index is 12.6. The predicted molar refractivity (Wildman–Crippen MR) is 110 cm³/mol. The Hall–Kier alpha value is -2.37. The Morgan fingerprint density at radius 1 is 0.636 bits per heavy atom. The molecule has 2 saturated carbocycles. The molecule has 11 heteroatoms. The van der Waals surface area contributed by atoms with Gasteiger partial charge in [0.2, 0.25) is 23.6 Å². The van der Waals surface area contributed by atoms with Crippen molar-refractivity contribution in [2.45, 2.75) is 12.8 Å². The Morgan fingerprint density at radius 2 is 0.939 bits per heavy atom. The third-order valence-electron chi connectivity index (χ3n) is 8.21. The van der Waals surface area contributed by atoms with Crippen LogP contribution in [0.15, 0.2) is 24.3 Å². The minimum Gasteiger partial charge on any atom is -0.280 e. The summed E-state index contributed by atoms with van der Waals surface area (Å²) in [5.41, 5.74) is 0. The fourth-order valence-corrected chi connectivity index (χ4v) is 7.49. The average molecular weight is 477 g/mol. The number of amides is 4. The van der Waals surface area contributed by atoms with Gasteiger partial charge in [-0.1, -0.05) is 24.3 Å². The Labute approximate surface area is 190 Å². The van der Waals surface area contributed by atoms with Gasteiger partial charge in [-0.25, -0.2) is 8.37 Å². The van der Waals surface area contributed by atoms with Crippen molar-refractivity contribution in [1.82, 2.24) is 9.80 Å². The molecule has 4 amide bonds. The van der Waals surface area contributed by atoms with E-state index in [9.17, 15) is 27.6 Å². The Morgan fingerprint density at radius 3 is 1.24 bits per heavy atom. The highest BCUT2D eigenvalue weighted by Gasteiger charge is 2.60. The van der Waals surface area contributed by atoms with Gasteiger partial charge in [0.1, 0.15) is 0 Å². The van der Waals surface area contributed by atoms with Crippen LogP contribution < -0.4 is 0 Å². The molecule has 176 valence electrons. The number of hydrogen-bond acceptors (Lipinski definition) is 8. The van der Waals surface area contributed by atoms with Gasteiger partial charge < -0.3 is 0 Å². The first-order valence-corrected chi connectivity index (χ1v) is 12.7. The summed E-state index contributed by atoms with van der Waals surface area (Å²) in [4.78, 5) is 52.6. The fourth-order valence-electron chi connectivity index (χ4n) is 6.86. The number of allylic oxidation sites excluding steroid dienone is 4. The summed E-state index contributed by atoms with van der Waals surface area (Å²) in [6.45, 7) is -1.17. The van der Waals surface area contributed by atoms with Crippen LogP contribution in [-0.2, 0) is 37.9 Å². The summed E-state index contributed by atoms with van der Waals surface area (Å²) in [7, 11) is -4.41. The fraction of sp³-hybridized carbons (Fsp3) is 0.636. The Balaban J connectivity index is 0.982. The largest absolute Gasteiger partial charge is 0.399 e. The van der Waals surface area contributed by atoms with Gasteiger partial charge in [-0.3, -0.25) is 29.0 Å². The van der Waals surface area contributed by atoms with Crippen molar-refractivity contribution < 1.29 is 36.0 Å². The van der Waals surface area contributed by atoms with Crippen molar-refractivity contribution in [1.29, 1.82) is 0 Å². The first-order chi connectivity index (χ1) is 15.8. The van der Waals surface area contributed by atoms with Gasteiger partial charge in [0.25, 0.3) is 0 Å². The SMILES string of the molecule is O=C1[C@@H]2[C@H](C(=O)N1CCOS(=O)(=O)OCCN1C(=O)[C@H]3[C@H](C1=O)[C@@H]1C=C[C@@H]3C1)[C@H]1C=C[C@H]2C1. The third-order valence-corrected chi connectivity index (χ3v) is 9.12. The van der Waals surface area contributed by atoms with E-state index in [4.69, 9.17) is 8.37 Å². The van der Waals surface area contributed by atoms with Crippen LogP contribution in [0.4, 0.5) is 0 Å². The first kappa shape index (κ1) is 21.2. The Bertz CT molecular complexity index is 973. The summed E-state index contributed by atoms with van der Waals surface area (Å²) in [6, 6.07) is 0. The van der Waals surface area contributed by atoms with Crippen LogP contribution in [0, 0.1) is 47.3 Å². The molecule has 6 rings (SSSR count). The second-order valence-corrected chi connectivity index (χ2v) is 11.0. The van der Waals surface area contributed by atoms with Gasteiger partial charge in [0.15, 0.2) is 0 Å². The highest BCUT2D eigenvalue weighted by molar-refractivity contribution is 7.81. The number of imide groups is 2. The molecular weight excluding hydrogens is 452 g/mol. The van der Waals surface area contributed by atoms with E-state index in [1.807, 2.05) is 24.3 Å². The van der Waals surface area contributed by atoms with Crippen LogP contribution in [0.25, 0.3) is 0 Å². The molecule has 10 nitrogen and oxygen atoms in total. The molecule has 0 spiro atoms. The lowest BCUT2D eigenvalue weighted by Crippen LogP contribution is -2.37. The number of rotatable bonds is 8. The van der Waals surface area contributed by atoms with Gasteiger partial charge in [-0.2, -0.15) is 8.42 Å². The molecule has 4 aliphatic carbocycles. The van der Waals surface area contributed by atoms with Crippen LogP contribution in [0.5, 0.6) is 0 Å².